The molecule has 2 rings (SSSR count). The molecule has 0 atom stereocenters. The van der Waals surface area contributed by atoms with Crippen molar-refractivity contribution in [3.05, 3.63) is 39.0 Å². The van der Waals surface area contributed by atoms with Crippen LogP contribution < -0.4 is 10.5 Å². The van der Waals surface area contributed by atoms with Crippen LogP contribution in [-0.2, 0) is 0 Å². The first-order valence-corrected chi connectivity index (χ1v) is 6.01. The maximum atomic E-state index is 5.87. The van der Waals surface area contributed by atoms with Crippen LogP contribution in [0.4, 0.5) is 5.82 Å². The second-order valence-corrected chi connectivity index (χ2v) is 4.66. The summed E-state index contributed by atoms with van der Waals surface area (Å²) < 4.78 is 6.00. The van der Waals surface area contributed by atoms with E-state index in [0.717, 1.165) is 0 Å². The zero-order valence-corrected chi connectivity index (χ0v) is 11.4. The van der Waals surface area contributed by atoms with Gasteiger partial charge in [0, 0.05) is 6.07 Å². The van der Waals surface area contributed by atoms with E-state index in [4.69, 9.17) is 33.7 Å². The van der Waals surface area contributed by atoms with E-state index in [2.05, 4.69) is 25.9 Å². The molecule has 17 heavy (non-hydrogen) atoms. The van der Waals surface area contributed by atoms with Crippen molar-refractivity contribution >= 4 is 44.9 Å². The van der Waals surface area contributed by atoms with Crippen LogP contribution in [0.25, 0.3) is 0 Å². The first-order chi connectivity index (χ1) is 8.08. The van der Waals surface area contributed by atoms with Crippen LogP contribution in [0, 0.1) is 0 Å². The van der Waals surface area contributed by atoms with Crippen molar-refractivity contribution in [1.82, 2.24) is 9.97 Å². The minimum atomic E-state index is 0.301. The van der Waals surface area contributed by atoms with Crippen molar-refractivity contribution in [2.45, 2.75) is 0 Å². The van der Waals surface area contributed by atoms with Crippen molar-refractivity contribution in [2.75, 3.05) is 5.73 Å². The number of hydrogen-bond acceptors (Lipinski definition) is 4. The van der Waals surface area contributed by atoms with Crippen molar-refractivity contribution < 1.29 is 4.74 Å². The Balaban J connectivity index is 2.31. The van der Waals surface area contributed by atoms with Gasteiger partial charge in [-0.2, -0.15) is 0 Å². The van der Waals surface area contributed by atoms with Crippen LogP contribution in [0.3, 0.4) is 0 Å². The highest BCUT2D eigenvalue weighted by atomic mass is 79.9. The molecule has 4 nitrogen and oxygen atoms in total. The van der Waals surface area contributed by atoms with E-state index in [1.807, 2.05) is 0 Å². The summed E-state index contributed by atoms with van der Waals surface area (Å²) in [7, 11) is 0. The lowest BCUT2D eigenvalue weighted by Gasteiger charge is -2.07. The van der Waals surface area contributed by atoms with Gasteiger partial charge >= 0.3 is 0 Å². The molecular weight excluding hydrogens is 329 g/mol. The Morgan fingerprint density at radius 1 is 1.18 bits per heavy atom. The van der Waals surface area contributed by atoms with Gasteiger partial charge in [0.2, 0.25) is 5.88 Å². The van der Waals surface area contributed by atoms with Gasteiger partial charge in [-0.3, -0.25) is 0 Å². The summed E-state index contributed by atoms with van der Waals surface area (Å²) >= 11 is 14.9. The molecule has 0 spiro atoms. The molecule has 1 heterocycles. The summed E-state index contributed by atoms with van der Waals surface area (Å²) in [5, 5.41) is 0.864. The van der Waals surface area contributed by atoms with Gasteiger partial charge < -0.3 is 10.5 Å². The molecule has 0 aliphatic rings. The fourth-order valence-electron chi connectivity index (χ4n) is 1.09. The highest BCUT2D eigenvalue weighted by Crippen LogP contribution is 2.33. The lowest BCUT2D eigenvalue weighted by molar-refractivity contribution is 0.458. The molecule has 0 fully saturated rings. The van der Waals surface area contributed by atoms with Crippen LogP contribution >= 0.6 is 39.1 Å². The molecule has 0 bridgehead atoms. The van der Waals surface area contributed by atoms with Crippen LogP contribution in [0.15, 0.2) is 29.0 Å². The predicted molar refractivity (Wildman–Crippen MR) is 70.7 cm³/mol. The molecule has 2 aromatic rings. The van der Waals surface area contributed by atoms with Gasteiger partial charge in [0.1, 0.15) is 22.4 Å². The Kier molecular flexibility index (Phi) is 3.71. The molecule has 0 aliphatic heterocycles. The normalized spacial score (nSPS) is 10.3. The van der Waals surface area contributed by atoms with Gasteiger partial charge in [-0.25, -0.2) is 9.97 Å². The zero-order chi connectivity index (χ0) is 12.4. The highest BCUT2D eigenvalue weighted by molar-refractivity contribution is 9.10. The largest absolute Gasteiger partial charge is 0.438 e. The monoisotopic (exact) mass is 333 g/mol. The highest BCUT2D eigenvalue weighted by Gasteiger charge is 2.09. The Bertz CT molecular complexity index is 565. The summed E-state index contributed by atoms with van der Waals surface area (Å²) in [5.41, 5.74) is 5.60. The number of nitrogens with two attached hydrogens (primary N) is 1. The predicted octanol–water partition coefficient (Wildman–Crippen LogP) is 3.92. The molecule has 88 valence electrons. The number of hydrogen-bond donors (Lipinski definition) is 1. The zero-order valence-electron chi connectivity index (χ0n) is 8.32. The van der Waals surface area contributed by atoms with E-state index >= 15 is 0 Å². The number of nitrogen functional groups attached to an aromatic ring is 1. The smallest absolute Gasteiger partial charge is 0.238 e. The third-order valence-electron chi connectivity index (χ3n) is 1.89. The fraction of sp³-hybridized carbons (Fsp3) is 0. The van der Waals surface area contributed by atoms with Gasteiger partial charge in [-0.1, -0.05) is 23.2 Å². The lowest BCUT2D eigenvalue weighted by atomic mass is 10.3. The van der Waals surface area contributed by atoms with Crippen LogP contribution in [0.5, 0.6) is 11.6 Å². The minimum absolute atomic E-state index is 0.301. The minimum Gasteiger partial charge on any atom is -0.438 e. The standard InChI is InChI=1S/C10H6BrCl2N3O/c11-8-9(14)15-4-16-10(8)17-5-1-2-6(12)7(13)3-5/h1-4H,(H2,14,15,16). The van der Waals surface area contributed by atoms with Gasteiger partial charge in [-0.05, 0) is 28.1 Å². The molecule has 0 unspecified atom stereocenters. The molecule has 7 heteroatoms. The summed E-state index contributed by atoms with van der Waals surface area (Å²) in [4.78, 5) is 7.76. The molecule has 0 aliphatic carbocycles. The molecule has 1 aromatic heterocycles. The summed E-state index contributed by atoms with van der Waals surface area (Å²) in [5.74, 6) is 1.13. The number of nitrogens with zero attached hydrogens (tertiary/aromatic N) is 2. The third kappa shape index (κ3) is 2.80. The summed E-state index contributed by atoms with van der Waals surface area (Å²) in [6.07, 6.45) is 1.31. The SMILES string of the molecule is Nc1ncnc(Oc2ccc(Cl)c(Cl)c2)c1Br. The average molecular weight is 335 g/mol. The molecule has 2 N–H and O–H groups in total. The number of aromatic nitrogens is 2. The van der Waals surface area contributed by atoms with E-state index in [-0.39, 0.29) is 0 Å². The second-order valence-electron chi connectivity index (χ2n) is 3.06. The first-order valence-electron chi connectivity index (χ1n) is 4.47. The molecule has 0 saturated heterocycles. The van der Waals surface area contributed by atoms with Crippen molar-refractivity contribution in [2.24, 2.45) is 0 Å². The number of rotatable bonds is 2. The third-order valence-corrected chi connectivity index (χ3v) is 3.37. The number of ether oxygens (including phenoxy) is 1. The van der Waals surface area contributed by atoms with Gasteiger partial charge in [0.05, 0.1) is 10.0 Å². The maximum Gasteiger partial charge on any atom is 0.238 e. The Morgan fingerprint density at radius 3 is 2.65 bits per heavy atom. The van der Waals surface area contributed by atoms with Crippen LogP contribution in [0.2, 0.25) is 10.0 Å². The van der Waals surface area contributed by atoms with Crippen molar-refractivity contribution in [3.8, 4) is 11.6 Å². The second kappa shape index (κ2) is 5.08. The Labute approximate surface area is 116 Å². The van der Waals surface area contributed by atoms with Crippen molar-refractivity contribution in [3.63, 3.8) is 0 Å². The van der Waals surface area contributed by atoms with Crippen LogP contribution in [0.1, 0.15) is 0 Å². The van der Waals surface area contributed by atoms with E-state index < -0.39 is 0 Å². The van der Waals surface area contributed by atoms with E-state index in [0.29, 0.717) is 32.0 Å². The van der Waals surface area contributed by atoms with Gasteiger partial charge in [0.15, 0.2) is 0 Å². The first kappa shape index (κ1) is 12.4. The Hall–Kier alpha value is -1.04. The fourth-order valence-corrected chi connectivity index (χ4v) is 1.66. The van der Waals surface area contributed by atoms with Gasteiger partial charge in [0.25, 0.3) is 0 Å². The maximum absolute atomic E-state index is 5.87. The van der Waals surface area contributed by atoms with Crippen molar-refractivity contribution in [1.29, 1.82) is 0 Å². The molecule has 0 amide bonds. The molecule has 1 aromatic carbocycles. The molecule has 0 radical (unpaired) electrons. The van der Waals surface area contributed by atoms with E-state index in [1.165, 1.54) is 6.33 Å². The number of anilines is 1. The van der Waals surface area contributed by atoms with Gasteiger partial charge in [-0.15, -0.1) is 0 Å². The van der Waals surface area contributed by atoms with Crippen LogP contribution in [-0.4, -0.2) is 9.97 Å². The molecule has 0 saturated carbocycles. The summed E-state index contributed by atoms with van der Waals surface area (Å²) in [6.45, 7) is 0. The van der Waals surface area contributed by atoms with E-state index in [1.54, 1.807) is 18.2 Å². The number of halogens is 3. The lowest BCUT2D eigenvalue weighted by Crippen LogP contribution is -1.96. The molecular formula is C10H6BrCl2N3O. The quantitative estimate of drug-likeness (QED) is 0.904. The van der Waals surface area contributed by atoms with E-state index in [9.17, 15) is 0 Å². The Morgan fingerprint density at radius 2 is 1.94 bits per heavy atom. The number of benzene rings is 1. The topological polar surface area (TPSA) is 61.0 Å². The summed E-state index contributed by atoms with van der Waals surface area (Å²) in [6, 6.07) is 4.91. The average Bonchev–Trinajstić information content (AvgIpc) is 2.30.